The number of benzene rings is 1. The molecule has 0 heterocycles. The summed E-state index contributed by atoms with van der Waals surface area (Å²) in [6.07, 6.45) is 0. The summed E-state index contributed by atoms with van der Waals surface area (Å²) < 4.78 is 5.39. The van der Waals surface area contributed by atoms with Crippen LogP contribution in [0.15, 0.2) is 12.1 Å². The van der Waals surface area contributed by atoms with Gasteiger partial charge in [0.05, 0.1) is 12.8 Å². The average Bonchev–Trinajstić information content (AvgIpc) is 2.16. The zero-order valence-corrected chi connectivity index (χ0v) is 10.0. The molecular weight excluding hydrogens is 188 g/mol. The summed E-state index contributed by atoms with van der Waals surface area (Å²) in [6.45, 7) is 5.65. The lowest BCUT2D eigenvalue weighted by molar-refractivity contribution is 0.414. The Kier molecular flexibility index (Phi) is 3.97. The Morgan fingerprint density at radius 3 is 2.53 bits per heavy atom. The van der Waals surface area contributed by atoms with Crippen LogP contribution < -0.4 is 15.4 Å². The van der Waals surface area contributed by atoms with Crippen LogP contribution in [0.4, 0.5) is 5.69 Å². The topological polar surface area (TPSA) is 38.5 Å². The van der Waals surface area contributed by atoms with E-state index in [4.69, 9.17) is 10.5 Å². The molecule has 1 rings (SSSR count). The Morgan fingerprint density at radius 2 is 2.00 bits per heavy atom. The molecule has 0 saturated carbocycles. The molecule has 0 aromatic heterocycles. The van der Waals surface area contributed by atoms with Gasteiger partial charge in [0.15, 0.2) is 0 Å². The molecule has 1 aromatic rings. The van der Waals surface area contributed by atoms with Gasteiger partial charge in [0.2, 0.25) is 0 Å². The number of anilines is 1. The molecule has 3 nitrogen and oxygen atoms in total. The van der Waals surface area contributed by atoms with E-state index in [9.17, 15) is 0 Å². The number of hydrogen-bond acceptors (Lipinski definition) is 3. The van der Waals surface area contributed by atoms with E-state index in [1.807, 2.05) is 7.05 Å². The summed E-state index contributed by atoms with van der Waals surface area (Å²) in [7, 11) is 3.74. The summed E-state index contributed by atoms with van der Waals surface area (Å²) in [5, 5.41) is 0. The van der Waals surface area contributed by atoms with Crippen LogP contribution in [0.1, 0.15) is 11.1 Å². The lowest BCUT2D eigenvalue weighted by Crippen LogP contribution is -2.26. The normalized spacial score (nSPS) is 10.2. The van der Waals surface area contributed by atoms with Crippen LogP contribution >= 0.6 is 0 Å². The van der Waals surface area contributed by atoms with Crippen molar-refractivity contribution in [3.05, 3.63) is 23.3 Å². The fraction of sp³-hybridized carbons (Fsp3) is 0.500. The average molecular weight is 208 g/mol. The third-order valence-corrected chi connectivity index (χ3v) is 2.48. The lowest BCUT2D eigenvalue weighted by atomic mass is 10.1. The summed E-state index contributed by atoms with van der Waals surface area (Å²) in [5.74, 6) is 0.920. The molecule has 0 bridgehead atoms. The van der Waals surface area contributed by atoms with Gasteiger partial charge in [-0.25, -0.2) is 0 Å². The molecule has 0 amide bonds. The fourth-order valence-corrected chi connectivity index (χ4v) is 1.87. The van der Waals surface area contributed by atoms with Gasteiger partial charge >= 0.3 is 0 Å². The molecule has 0 radical (unpaired) electrons. The van der Waals surface area contributed by atoms with Gasteiger partial charge in [0, 0.05) is 20.1 Å². The molecule has 2 N–H and O–H groups in total. The number of nitrogens with two attached hydrogens (primary N) is 1. The van der Waals surface area contributed by atoms with Crippen LogP contribution in [0.25, 0.3) is 0 Å². The molecule has 0 aliphatic carbocycles. The van der Waals surface area contributed by atoms with E-state index >= 15 is 0 Å². The number of likely N-dealkylation sites (N-methyl/N-ethyl adjacent to an activating group) is 1. The van der Waals surface area contributed by atoms with Crippen LogP contribution in [-0.4, -0.2) is 27.2 Å². The summed E-state index contributed by atoms with van der Waals surface area (Å²) in [5.41, 5.74) is 9.13. The van der Waals surface area contributed by atoms with Crippen molar-refractivity contribution in [3.8, 4) is 5.75 Å². The van der Waals surface area contributed by atoms with Crippen molar-refractivity contribution in [2.45, 2.75) is 13.8 Å². The Morgan fingerprint density at radius 1 is 1.33 bits per heavy atom. The molecule has 1 aromatic carbocycles. The van der Waals surface area contributed by atoms with E-state index in [2.05, 4.69) is 30.9 Å². The molecule has 0 aliphatic rings. The largest absolute Gasteiger partial charge is 0.495 e. The second-order valence-corrected chi connectivity index (χ2v) is 3.84. The number of ether oxygens (including phenoxy) is 1. The minimum Gasteiger partial charge on any atom is -0.495 e. The Balaban J connectivity index is 3.14. The highest BCUT2D eigenvalue weighted by molar-refractivity contribution is 5.64. The van der Waals surface area contributed by atoms with Crippen molar-refractivity contribution in [3.63, 3.8) is 0 Å². The molecule has 0 aliphatic heterocycles. The van der Waals surface area contributed by atoms with Crippen LogP contribution in [0.5, 0.6) is 5.75 Å². The molecule has 15 heavy (non-hydrogen) atoms. The molecular formula is C12H20N2O. The van der Waals surface area contributed by atoms with Gasteiger partial charge < -0.3 is 15.4 Å². The standard InChI is InChI=1S/C12H20N2O/c1-9-7-10(2)12(11(8-9)15-4)14(3)6-5-13/h7-8H,5-6,13H2,1-4H3. The number of hydrogen-bond donors (Lipinski definition) is 1. The molecule has 0 fully saturated rings. The van der Waals surface area contributed by atoms with E-state index in [0.29, 0.717) is 6.54 Å². The molecule has 84 valence electrons. The SMILES string of the molecule is COc1cc(C)cc(C)c1N(C)CCN. The zero-order chi connectivity index (χ0) is 11.4. The number of methoxy groups -OCH3 is 1. The number of rotatable bonds is 4. The fourth-order valence-electron chi connectivity index (χ4n) is 1.87. The molecule has 0 unspecified atom stereocenters. The Hall–Kier alpha value is -1.22. The third kappa shape index (κ3) is 2.63. The summed E-state index contributed by atoms with van der Waals surface area (Å²) in [4.78, 5) is 2.13. The minimum absolute atomic E-state index is 0.646. The van der Waals surface area contributed by atoms with Crippen LogP contribution in [-0.2, 0) is 0 Å². The smallest absolute Gasteiger partial charge is 0.142 e. The minimum atomic E-state index is 0.646. The molecule has 0 spiro atoms. The zero-order valence-electron chi connectivity index (χ0n) is 10.0. The monoisotopic (exact) mass is 208 g/mol. The van der Waals surface area contributed by atoms with Gasteiger partial charge in [-0.2, -0.15) is 0 Å². The molecule has 0 atom stereocenters. The van der Waals surface area contributed by atoms with Crippen LogP contribution in [0.3, 0.4) is 0 Å². The second kappa shape index (κ2) is 5.03. The van der Waals surface area contributed by atoms with Crippen molar-refractivity contribution in [1.82, 2.24) is 0 Å². The first-order chi connectivity index (χ1) is 7.10. The van der Waals surface area contributed by atoms with Crippen molar-refractivity contribution < 1.29 is 4.74 Å². The van der Waals surface area contributed by atoms with Crippen molar-refractivity contribution >= 4 is 5.69 Å². The van der Waals surface area contributed by atoms with E-state index in [-0.39, 0.29) is 0 Å². The van der Waals surface area contributed by atoms with E-state index < -0.39 is 0 Å². The van der Waals surface area contributed by atoms with E-state index in [0.717, 1.165) is 18.0 Å². The first-order valence-corrected chi connectivity index (χ1v) is 5.16. The molecule has 3 heteroatoms. The third-order valence-electron chi connectivity index (χ3n) is 2.48. The highest BCUT2D eigenvalue weighted by Gasteiger charge is 2.11. The van der Waals surface area contributed by atoms with Crippen molar-refractivity contribution in [2.24, 2.45) is 5.73 Å². The van der Waals surface area contributed by atoms with Gasteiger partial charge in [-0.1, -0.05) is 6.07 Å². The quantitative estimate of drug-likeness (QED) is 0.818. The molecule has 0 saturated heterocycles. The predicted octanol–water partition coefficient (Wildman–Crippen LogP) is 1.71. The van der Waals surface area contributed by atoms with Gasteiger partial charge in [-0.15, -0.1) is 0 Å². The Labute approximate surface area is 91.8 Å². The van der Waals surface area contributed by atoms with Gasteiger partial charge in [0.1, 0.15) is 5.75 Å². The van der Waals surface area contributed by atoms with Gasteiger partial charge in [0.25, 0.3) is 0 Å². The maximum Gasteiger partial charge on any atom is 0.142 e. The first-order valence-electron chi connectivity index (χ1n) is 5.16. The predicted molar refractivity (Wildman–Crippen MR) is 64.8 cm³/mol. The Bertz CT molecular complexity index is 337. The maximum absolute atomic E-state index is 5.56. The van der Waals surface area contributed by atoms with Crippen molar-refractivity contribution in [2.75, 3.05) is 32.1 Å². The maximum atomic E-state index is 5.56. The van der Waals surface area contributed by atoms with Gasteiger partial charge in [-0.05, 0) is 31.0 Å². The van der Waals surface area contributed by atoms with Crippen LogP contribution in [0, 0.1) is 13.8 Å². The van der Waals surface area contributed by atoms with Crippen molar-refractivity contribution in [1.29, 1.82) is 0 Å². The van der Waals surface area contributed by atoms with Gasteiger partial charge in [-0.3, -0.25) is 0 Å². The summed E-state index contributed by atoms with van der Waals surface area (Å²) in [6, 6.07) is 4.21. The second-order valence-electron chi connectivity index (χ2n) is 3.84. The first kappa shape index (κ1) is 11.9. The number of aryl methyl sites for hydroxylation is 2. The lowest BCUT2D eigenvalue weighted by Gasteiger charge is -2.23. The highest BCUT2D eigenvalue weighted by Crippen LogP contribution is 2.32. The number of nitrogens with zero attached hydrogens (tertiary/aromatic N) is 1. The van der Waals surface area contributed by atoms with Crippen LogP contribution in [0.2, 0.25) is 0 Å². The summed E-state index contributed by atoms with van der Waals surface area (Å²) >= 11 is 0. The van der Waals surface area contributed by atoms with E-state index in [1.54, 1.807) is 7.11 Å². The van der Waals surface area contributed by atoms with E-state index in [1.165, 1.54) is 11.1 Å². The highest BCUT2D eigenvalue weighted by atomic mass is 16.5.